The van der Waals surface area contributed by atoms with Gasteiger partial charge in [-0.15, -0.1) is 0 Å². The van der Waals surface area contributed by atoms with Gasteiger partial charge in [-0.2, -0.15) is 5.26 Å². The van der Waals surface area contributed by atoms with Gasteiger partial charge in [0.25, 0.3) is 0 Å². The molecule has 0 spiro atoms. The number of rotatable bonds is 5. The molecule has 0 amide bonds. The summed E-state index contributed by atoms with van der Waals surface area (Å²) in [5, 5.41) is 8.92. The van der Waals surface area contributed by atoms with Gasteiger partial charge >= 0.3 is 5.97 Å². The molecule has 0 aliphatic rings. The zero-order valence-electron chi connectivity index (χ0n) is 12.9. The van der Waals surface area contributed by atoms with Crippen LogP contribution in [0, 0.1) is 18.3 Å². The van der Waals surface area contributed by atoms with Crippen LogP contribution in [0.2, 0.25) is 0 Å². The lowest BCUT2D eigenvalue weighted by Gasteiger charge is -2.15. The van der Waals surface area contributed by atoms with Gasteiger partial charge in [0.2, 0.25) is 0 Å². The zero-order valence-corrected chi connectivity index (χ0v) is 12.9. The molecule has 0 saturated carbocycles. The van der Waals surface area contributed by atoms with Crippen LogP contribution in [0.15, 0.2) is 34.7 Å². The molecule has 2 rings (SSSR count). The maximum Gasteiger partial charge on any atom is 0.341 e. The first kappa shape index (κ1) is 15.8. The van der Waals surface area contributed by atoms with Gasteiger partial charge in [0.05, 0.1) is 25.3 Å². The van der Waals surface area contributed by atoms with E-state index in [9.17, 15) is 4.79 Å². The number of esters is 1. The van der Waals surface area contributed by atoms with Gasteiger partial charge in [0.1, 0.15) is 17.1 Å². The van der Waals surface area contributed by atoms with E-state index in [2.05, 4.69) is 11.0 Å². The van der Waals surface area contributed by atoms with E-state index in [1.54, 1.807) is 19.1 Å². The Bertz CT molecular complexity index is 713. The second kappa shape index (κ2) is 6.92. The van der Waals surface area contributed by atoms with Gasteiger partial charge in [-0.3, -0.25) is 4.90 Å². The molecule has 1 aromatic heterocycles. The summed E-state index contributed by atoms with van der Waals surface area (Å²) in [6, 6.07) is 11.3. The number of benzene rings is 1. The van der Waals surface area contributed by atoms with Gasteiger partial charge in [-0.1, -0.05) is 12.1 Å². The number of hydrogen-bond acceptors (Lipinski definition) is 5. The lowest BCUT2D eigenvalue weighted by molar-refractivity contribution is 0.0599. The number of methoxy groups -OCH3 is 1. The molecule has 0 aliphatic carbocycles. The molecule has 0 radical (unpaired) electrons. The predicted octanol–water partition coefficient (Wildman–Crippen LogP) is 2.88. The van der Waals surface area contributed by atoms with Crippen molar-refractivity contribution in [1.29, 1.82) is 5.26 Å². The first-order chi connectivity index (χ1) is 10.5. The van der Waals surface area contributed by atoms with Crippen molar-refractivity contribution in [2.45, 2.75) is 20.0 Å². The van der Waals surface area contributed by atoms with E-state index in [4.69, 9.17) is 14.4 Å². The Morgan fingerprint density at radius 2 is 2.14 bits per heavy atom. The van der Waals surface area contributed by atoms with Gasteiger partial charge < -0.3 is 9.15 Å². The molecular weight excluding hydrogens is 280 g/mol. The Kier molecular flexibility index (Phi) is 4.97. The summed E-state index contributed by atoms with van der Waals surface area (Å²) in [7, 11) is 3.30. The molecule has 0 unspecified atom stereocenters. The lowest BCUT2D eigenvalue weighted by atomic mass is 10.1. The average Bonchev–Trinajstić information content (AvgIpc) is 2.86. The van der Waals surface area contributed by atoms with Crippen molar-refractivity contribution in [3.8, 4) is 6.07 Å². The molecule has 5 nitrogen and oxygen atoms in total. The summed E-state index contributed by atoms with van der Waals surface area (Å²) in [4.78, 5) is 13.6. The summed E-state index contributed by atoms with van der Waals surface area (Å²) >= 11 is 0. The second-order valence-electron chi connectivity index (χ2n) is 5.16. The number of hydrogen-bond donors (Lipinski definition) is 0. The number of nitrogens with zero attached hydrogens (tertiary/aromatic N) is 2. The Morgan fingerprint density at radius 3 is 2.82 bits per heavy atom. The van der Waals surface area contributed by atoms with Gasteiger partial charge in [-0.25, -0.2) is 4.79 Å². The van der Waals surface area contributed by atoms with Gasteiger partial charge in [-0.05, 0) is 37.7 Å². The fourth-order valence-corrected chi connectivity index (χ4v) is 2.31. The molecule has 1 aromatic carbocycles. The van der Waals surface area contributed by atoms with Crippen molar-refractivity contribution in [3.63, 3.8) is 0 Å². The maximum absolute atomic E-state index is 11.6. The summed E-state index contributed by atoms with van der Waals surface area (Å²) in [5.74, 6) is 0.871. The highest BCUT2D eigenvalue weighted by Crippen LogP contribution is 2.18. The first-order valence-corrected chi connectivity index (χ1v) is 6.88. The summed E-state index contributed by atoms with van der Waals surface area (Å²) in [6.07, 6.45) is 0. The van der Waals surface area contributed by atoms with Crippen LogP contribution in [0.5, 0.6) is 0 Å². The number of carbonyl (C=O) groups is 1. The molecule has 1 heterocycles. The molecular formula is C17H18N2O3. The second-order valence-corrected chi connectivity index (χ2v) is 5.16. The predicted molar refractivity (Wildman–Crippen MR) is 81.1 cm³/mol. The van der Waals surface area contributed by atoms with Crippen LogP contribution in [0.1, 0.15) is 33.0 Å². The Hall–Kier alpha value is -2.58. The van der Waals surface area contributed by atoms with Crippen LogP contribution in [-0.4, -0.2) is 25.0 Å². The summed E-state index contributed by atoms with van der Waals surface area (Å²) in [5.41, 5.74) is 2.16. The van der Waals surface area contributed by atoms with Crippen LogP contribution >= 0.6 is 0 Å². The van der Waals surface area contributed by atoms with Crippen molar-refractivity contribution in [1.82, 2.24) is 4.90 Å². The quantitative estimate of drug-likeness (QED) is 0.794. The molecule has 0 N–H and O–H groups in total. The van der Waals surface area contributed by atoms with E-state index in [0.717, 1.165) is 5.56 Å². The Balaban J connectivity index is 2.04. The Morgan fingerprint density at radius 1 is 1.36 bits per heavy atom. The number of furan rings is 1. The number of nitriles is 1. The van der Waals surface area contributed by atoms with E-state index < -0.39 is 5.97 Å². The molecule has 0 atom stereocenters. The van der Waals surface area contributed by atoms with E-state index in [-0.39, 0.29) is 0 Å². The molecule has 114 valence electrons. The molecule has 0 bridgehead atoms. The first-order valence-electron chi connectivity index (χ1n) is 6.88. The Labute approximate surface area is 129 Å². The van der Waals surface area contributed by atoms with E-state index >= 15 is 0 Å². The van der Waals surface area contributed by atoms with Crippen molar-refractivity contribution >= 4 is 5.97 Å². The molecule has 0 fully saturated rings. The van der Waals surface area contributed by atoms with Crippen LogP contribution in [-0.2, 0) is 17.8 Å². The van der Waals surface area contributed by atoms with E-state index in [1.807, 2.05) is 25.2 Å². The normalized spacial score (nSPS) is 10.5. The molecule has 0 saturated heterocycles. The van der Waals surface area contributed by atoms with E-state index in [0.29, 0.717) is 35.7 Å². The fraction of sp³-hybridized carbons (Fsp3) is 0.294. The average molecular weight is 298 g/mol. The standard InChI is InChI=1S/C17H18N2O3/c1-12-16(17(20)21-3)8-15(22-12)11-19(2)10-14-6-4-5-13(7-14)9-18/h4-8H,10-11H2,1-3H3. The number of carbonyl (C=O) groups excluding carboxylic acids is 1. The molecule has 5 heteroatoms. The minimum Gasteiger partial charge on any atom is -0.465 e. The van der Waals surface area contributed by atoms with Crippen LogP contribution in [0.3, 0.4) is 0 Å². The molecule has 0 aliphatic heterocycles. The SMILES string of the molecule is COC(=O)c1cc(CN(C)Cc2cccc(C#N)c2)oc1C. The minimum atomic E-state index is -0.392. The highest BCUT2D eigenvalue weighted by atomic mass is 16.5. The third kappa shape index (κ3) is 3.74. The van der Waals surface area contributed by atoms with Crippen LogP contribution < -0.4 is 0 Å². The number of aryl methyl sites for hydroxylation is 1. The number of ether oxygens (including phenoxy) is 1. The summed E-state index contributed by atoms with van der Waals surface area (Å²) < 4.78 is 10.3. The van der Waals surface area contributed by atoms with Crippen LogP contribution in [0.4, 0.5) is 0 Å². The van der Waals surface area contributed by atoms with Crippen molar-refractivity contribution < 1.29 is 13.9 Å². The topological polar surface area (TPSA) is 66.5 Å². The summed E-state index contributed by atoms with van der Waals surface area (Å²) in [6.45, 7) is 2.99. The third-order valence-corrected chi connectivity index (χ3v) is 3.31. The highest BCUT2D eigenvalue weighted by Gasteiger charge is 2.16. The molecule has 2 aromatic rings. The monoisotopic (exact) mass is 298 g/mol. The molecule has 22 heavy (non-hydrogen) atoms. The fourth-order valence-electron chi connectivity index (χ4n) is 2.31. The van der Waals surface area contributed by atoms with Gasteiger partial charge in [0.15, 0.2) is 0 Å². The smallest absolute Gasteiger partial charge is 0.341 e. The van der Waals surface area contributed by atoms with E-state index in [1.165, 1.54) is 7.11 Å². The van der Waals surface area contributed by atoms with Crippen molar-refractivity contribution in [3.05, 3.63) is 58.5 Å². The third-order valence-electron chi connectivity index (χ3n) is 3.31. The van der Waals surface area contributed by atoms with Crippen LogP contribution in [0.25, 0.3) is 0 Å². The van der Waals surface area contributed by atoms with Crippen molar-refractivity contribution in [2.75, 3.05) is 14.2 Å². The van der Waals surface area contributed by atoms with Crippen molar-refractivity contribution in [2.24, 2.45) is 0 Å². The maximum atomic E-state index is 11.6. The highest BCUT2D eigenvalue weighted by molar-refractivity contribution is 5.90. The largest absolute Gasteiger partial charge is 0.465 e. The van der Waals surface area contributed by atoms with Gasteiger partial charge in [0, 0.05) is 6.54 Å². The zero-order chi connectivity index (χ0) is 16.1. The minimum absolute atomic E-state index is 0.392. The lowest BCUT2D eigenvalue weighted by Crippen LogP contribution is -2.16.